The number of allylic oxidation sites excluding steroid dienone is 1. The van der Waals surface area contributed by atoms with Gasteiger partial charge in [-0.15, -0.1) is 0 Å². The van der Waals surface area contributed by atoms with Gasteiger partial charge >= 0.3 is 0 Å². The monoisotopic (exact) mass is 169 g/mol. The summed E-state index contributed by atoms with van der Waals surface area (Å²) in [6, 6.07) is 2.00. The normalized spacial score (nSPS) is 10.3. The molecule has 0 saturated heterocycles. The molecule has 0 aromatic rings. The van der Waals surface area contributed by atoms with E-state index in [0.717, 1.165) is 0 Å². The molecule has 12 heavy (non-hydrogen) atoms. The first-order valence-corrected chi connectivity index (χ1v) is 4.05. The van der Waals surface area contributed by atoms with Crippen LogP contribution in [-0.4, -0.2) is 26.4 Å². The molecule has 0 atom stereocenters. The van der Waals surface area contributed by atoms with Crippen molar-refractivity contribution in [2.24, 2.45) is 0 Å². The molecule has 0 radical (unpaired) electrons. The largest absolute Gasteiger partial charge is 0.378 e. The van der Waals surface area contributed by atoms with Crippen molar-refractivity contribution in [2.75, 3.05) is 26.4 Å². The molecule has 0 aromatic heterocycles. The summed E-state index contributed by atoms with van der Waals surface area (Å²) in [6.45, 7) is 4.25. The zero-order valence-electron chi connectivity index (χ0n) is 7.45. The summed E-state index contributed by atoms with van der Waals surface area (Å²) in [5.41, 5.74) is 0. The lowest BCUT2D eigenvalue weighted by atomic mass is 10.5. The van der Waals surface area contributed by atoms with Gasteiger partial charge in [-0.05, 0) is 6.92 Å². The molecule has 0 aliphatic carbocycles. The minimum absolute atomic E-state index is 0.453. The summed E-state index contributed by atoms with van der Waals surface area (Å²) in [4.78, 5) is 0. The molecule has 0 aliphatic heterocycles. The van der Waals surface area contributed by atoms with Crippen molar-refractivity contribution >= 4 is 0 Å². The van der Waals surface area contributed by atoms with Crippen molar-refractivity contribution in [2.45, 2.75) is 13.3 Å². The Balaban J connectivity index is 2.87. The quantitative estimate of drug-likeness (QED) is 0.428. The van der Waals surface area contributed by atoms with Gasteiger partial charge in [0.2, 0.25) is 0 Å². The van der Waals surface area contributed by atoms with Gasteiger partial charge in [0.15, 0.2) is 0 Å². The van der Waals surface area contributed by atoms with Crippen LogP contribution in [0.4, 0.5) is 0 Å². The maximum absolute atomic E-state index is 8.17. The summed E-state index contributed by atoms with van der Waals surface area (Å²) >= 11 is 0. The molecule has 3 heteroatoms. The molecule has 0 rings (SSSR count). The summed E-state index contributed by atoms with van der Waals surface area (Å²) in [5, 5.41) is 8.17. The molecule has 0 unspecified atom stereocenters. The van der Waals surface area contributed by atoms with E-state index in [9.17, 15) is 0 Å². The minimum atomic E-state index is 0.453. The highest BCUT2D eigenvalue weighted by Crippen LogP contribution is 1.82. The Bertz CT molecular complexity index is 149. The first-order chi connectivity index (χ1) is 5.91. The summed E-state index contributed by atoms with van der Waals surface area (Å²) in [7, 11) is 0. The first-order valence-electron chi connectivity index (χ1n) is 4.05. The second-order valence-electron chi connectivity index (χ2n) is 2.16. The van der Waals surface area contributed by atoms with Crippen LogP contribution in [0.3, 0.4) is 0 Å². The van der Waals surface area contributed by atoms with Crippen molar-refractivity contribution in [3.8, 4) is 6.07 Å². The van der Waals surface area contributed by atoms with E-state index in [-0.39, 0.29) is 0 Å². The topological polar surface area (TPSA) is 42.2 Å². The first kappa shape index (κ1) is 11.2. The molecular weight excluding hydrogens is 154 g/mol. The van der Waals surface area contributed by atoms with Crippen molar-refractivity contribution in [1.82, 2.24) is 0 Å². The van der Waals surface area contributed by atoms with Gasteiger partial charge in [0, 0.05) is 0 Å². The fraction of sp³-hybridized carbons (Fsp3) is 0.667. The van der Waals surface area contributed by atoms with Crippen LogP contribution >= 0.6 is 0 Å². The Kier molecular flexibility index (Phi) is 9.43. The lowest BCUT2D eigenvalue weighted by Gasteiger charge is -2.01. The van der Waals surface area contributed by atoms with Crippen LogP contribution in [0.2, 0.25) is 0 Å². The third kappa shape index (κ3) is 9.15. The second kappa shape index (κ2) is 10.2. The van der Waals surface area contributed by atoms with E-state index in [0.29, 0.717) is 32.8 Å². The highest BCUT2D eigenvalue weighted by atomic mass is 16.5. The molecule has 0 aromatic carbocycles. The molecule has 0 spiro atoms. The summed E-state index contributed by atoms with van der Waals surface area (Å²) in [6.07, 6.45) is 4.33. The zero-order chi connectivity index (χ0) is 9.07. The highest BCUT2D eigenvalue weighted by Gasteiger charge is 1.86. The summed E-state index contributed by atoms with van der Waals surface area (Å²) in [5.74, 6) is 0. The smallest absolute Gasteiger partial charge is 0.0704 e. The predicted octanol–water partition coefficient (Wildman–Crippen LogP) is 1.51. The Morgan fingerprint density at radius 2 is 2.00 bits per heavy atom. The van der Waals surface area contributed by atoms with Crippen LogP contribution < -0.4 is 0 Å². The van der Waals surface area contributed by atoms with Crippen molar-refractivity contribution in [3.05, 3.63) is 12.2 Å². The number of nitrogens with zero attached hydrogens (tertiary/aromatic N) is 1. The van der Waals surface area contributed by atoms with Gasteiger partial charge in [-0.3, -0.25) is 0 Å². The van der Waals surface area contributed by atoms with Crippen LogP contribution in [0.1, 0.15) is 13.3 Å². The van der Waals surface area contributed by atoms with E-state index in [1.54, 1.807) is 0 Å². The molecule has 3 nitrogen and oxygen atoms in total. The van der Waals surface area contributed by atoms with Gasteiger partial charge in [0.05, 0.1) is 38.9 Å². The number of rotatable bonds is 7. The van der Waals surface area contributed by atoms with Crippen molar-refractivity contribution < 1.29 is 9.47 Å². The molecule has 0 heterocycles. The number of hydrogen-bond donors (Lipinski definition) is 0. The zero-order valence-corrected chi connectivity index (χ0v) is 7.45. The van der Waals surface area contributed by atoms with Gasteiger partial charge < -0.3 is 9.47 Å². The van der Waals surface area contributed by atoms with Crippen molar-refractivity contribution in [1.29, 1.82) is 5.26 Å². The molecule has 0 amide bonds. The third-order valence-electron chi connectivity index (χ3n) is 1.18. The van der Waals surface area contributed by atoms with Crippen LogP contribution in [0.5, 0.6) is 0 Å². The van der Waals surface area contributed by atoms with Crippen LogP contribution in [0.25, 0.3) is 0 Å². The van der Waals surface area contributed by atoms with E-state index >= 15 is 0 Å². The van der Waals surface area contributed by atoms with E-state index in [1.807, 2.05) is 25.1 Å². The number of nitriles is 1. The Morgan fingerprint density at radius 1 is 1.25 bits per heavy atom. The molecule has 0 N–H and O–H groups in total. The molecular formula is C9H15NO2. The highest BCUT2D eigenvalue weighted by molar-refractivity contribution is 4.75. The van der Waals surface area contributed by atoms with Crippen molar-refractivity contribution in [3.63, 3.8) is 0 Å². The van der Waals surface area contributed by atoms with Gasteiger partial charge in [0.1, 0.15) is 0 Å². The summed E-state index contributed by atoms with van der Waals surface area (Å²) < 4.78 is 10.2. The SMILES string of the molecule is C/C=C/COCCOCCC#N. The molecule has 0 fully saturated rings. The average Bonchev–Trinajstić information content (AvgIpc) is 2.10. The van der Waals surface area contributed by atoms with Gasteiger partial charge in [0.25, 0.3) is 0 Å². The second-order valence-corrected chi connectivity index (χ2v) is 2.16. The molecule has 0 saturated carbocycles. The van der Waals surface area contributed by atoms with E-state index in [2.05, 4.69) is 0 Å². The minimum Gasteiger partial charge on any atom is -0.378 e. The number of hydrogen-bond acceptors (Lipinski definition) is 3. The Hall–Kier alpha value is -0.850. The Morgan fingerprint density at radius 3 is 2.67 bits per heavy atom. The average molecular weight is 169 g/mol. The fourth-order valence-corrected chi connectivity index (χ4v) is 0.585. The van der Waals surface area contributed by atoms with Gasteiger partial charge in [-0.2, -0.15) is 5.26 Å². The molecule has 68 valence electrons. The maximum Gasteiger partial charge on any atom is 0.0704 e. The van der Waals surface area contributed by atoms with Crippen LogP contribution in [0.15, 0.2) is 12.2 Å². The standard InChI is InChI=1S/C9H15NO2/c1-2-3-6-11-8-9-12-7-4-5-10/h2-3H,4,6-9H2,1H3/b3-2+. The lowest BCUT2D eigenvalue weighted by Crippen LogP contribution is -2.04. The van der Waals surface area contributed by atoms with E-state index in [4.69, 9.17) is 14.7 Å². The van der Waals surface area contributed by atoms with Crippen LogP contribution in [0, 0.1) is 11.3 Å². The van der Waals surface area contributed by atoms with Gasteiger partial charge in [-0.25, -0.2) is 0 Å². The lowest BCUT2D eigenvalue weighted by molar-refractivity contribution is 0.0608. The van der Waals surface area contributed by atoms with Gasteiger partial charge in [-0.1, -0.05) is 12.2 Å². The van der Waals surface area contributed by atoms with E-state index in [1.165, 1.54) is 0 Å². The van der Waals surface area contributed by atoms with E-state index < -0.39 is 0 Å². The molecule has 0 bridgehead atoms. The van der Waals surface area contributed by atoms with Crippen LogP contribution in [-0.2, 0) is 9.47 Å². The predicted molar refractivity (Wildman–Crippen MR) is 46.7 cm³/mol. The third-order valence-corrected chi connectivity index (χ3v) is 1.18. The fourth-order valence-electron chi connectivity index (χ4n) is 0.585. The Labute approximate surface area is 73.6 Å². The maximum atomic E-state index is 8.17. The number of ether oxygens (including phenoxy) is 2. The molecule has 0 aliphatic rings.